The first-order chi connectivity index (χ1) is 17.0. The second-order valence-electron chi connectivity index (χ2n) is 9.60. The molecule has 2 fully saturated rings. The number of carbonyl (C=O) groups excluding carboxylic acids is 2. The van der Waals surface area contributed by atoms with Crippen LogP contribution in [0.3, 0.4) is 0 Å². The van der Waals surface area contributed by atoms with Gasteiger partial charge in [-0.1, -0.05) is 55.0 Å². The third kappa shape index (κ3) is 4.75. The third-order valence-electron chi connectivity index (χ3n) is 7.60. The first kappa shape index (κ1) is 23.4. The monoisotopic (exact) mass is 478 g/mol. The highest BCUT2D eigenvalue weighted by atomic mass is 16.5. The lowest BCUT2D eigenvalue weighted by atomic mass is 9.76. The molecule has 3 aliphatic rings. The zero-order valence-electron chi connectivity index (χ0n) is 19.4. The van der Waals surface area contributed by atoms with Gasteiger partial charge >= 0.3 is 12.1 Å². The highest BCUT2D eigenvalue weighted by Gasteiger charge is 2.38. The van der Waals surface area contributed by atoms with Crippen LogP contribution < -0.4 is 10.6 Å². The maximum atomic E-state index is 12.8. The molecule has 3 atom stereocenters. The Bertz CT molecular complexity index is 1070. The van der Waals surface area contributed by atoms with E-state index in [0.29, 0.717) is 0 Å². The molecule has 184 valence electrons. The minimum atomic E-state index is -0.883. The molecule has 2 aliphatic carbocycles. The Hall–Kier alpha value is -3.39. The van der Waals surface area contributed by atoms with Crippen molar-refractivity contribution < 1.29 is 29.0 Å². The Kier molecular flexibility index (Phi) is 6.72. The Balaban J connectivity index is 1.16. The van der Waals surface area contributed by atoms with Crippen LogP contribution in [0.1, 0.15) is 36.3 Å². The fraction of sp³-hybridized carbons (Fsp3) is 0.444. The minimum absolute atomic E-state index is 0.0495. The molecule has 5 rings (SSSR count). The van der Waals surface area contributed by atoms with E-state index in [9.17, 15) is 19.5 Å². The maximum absolute atomic E-state index is 12.8. The van der Waals surface area contributed by atoms with Crippen LogP contribution in [0.5, 0.6) is 0 Å². The van der Waals surface area contributed by atoms with Gasteiger partial charge in [0.25, 0.3) is 0 Å². The topological polar surface area (TPSA) is 114 Å². The van der Waals surface area contributed by atoms with Crippen LogP contribution in [-0.2, 0) is 19.1 Å². The lowest BCUT2D eigenvalue weighted by Crippen LogP contribution is -2.48. The first-order valence-electron chi connectivity index (χ1n) is 12.2. The van der Waals surface area contributed by atoms with Crippen LogP contribution in [0.2, 0.25) is 0 Å². The summed E-state index contributed by atoms with van der Waals surface area (Å²) in [6.07, 6.45) is 2.19. The number of carboxylic acid groups (broad SMARTS) is 1. The molecule has 8 nitrogen and oxygen atoms in total. The molecule has 0 spiro atoms. The largest absolute Gasteiger partial charge is 0.481 e. The molecular weight excluding hydrogens is 448 g/mol. The molecule has 35 heavy (non-hydrogen) atoms. The molecule has 2 amide bonds. The van der Waals surface area contributed by atoms with Crippen molar-refractivity contribution in [3.63, 3.8) is 0 Å². The fourth-order valence-corrected chi connectivity index (χ4v) is 5.39. The van der Waals surface area contributed by atoms with Crippen LogP contribution in [0.15, 0.2) is 48.5 Å². The van der Waals surface area contributed by atoms with E-state index in [1.807, 2.05) is 24.3 Å². The van der Waals surface area contributed by atoms with Gasteiger partial charge in [-0.05, 0) is 41.0 Å². The number of benzene rings is 2. The smallest absolute Gasteiger partial charge is 0.407 e. The predicted octanol–water partition coefficient (Wildman–Crippen LogP) is 3.16. The molecule has 1 saturated carbocycles. The maximum Gasteiger partial charge on any atom is 0.407 e. The Morgan fingerprint density at radius 1 is 1.00 bits per heavy atom. The standard InChI is InChI=1S/C27H30N2O6/c30-25(28-12-21(26(31)32)16-6-5-7-16)23-13-34-15-24(23)29-27(33)35-14-22-19-10-3-1-8-17(19)18-9-2-4-11-20(18)22/h1-4,8-11,16,21-24H,5-7,12-15H2,(H,28,30)(H,29,33)(H,31,32). The lowest BCUT2D eigenvalue weighted by Gasteiger charge is -2.31. The summed E-state index contributed by atoms with van der Waals surface area (Å²) < 4.78 is 11.0. The second kappa shape index (κ2) is 10.1. The molecule has 2 aromatic rings. The second-order valence-corrected chi connectivity index (χ2v) is 9.60. The van der Waals surface area contributed by atoms with Crippen LogP contribution >= 0.6 is 0 Å². The average molecular weight is 479 g/mol. The zero-order valence-corrected chi connectivity index (χ0v) is 19.4. The van der Waals surface area contributed by atoms with E-state index >= 15 is 0 Å². The fourth-order valence-electron chi connectivity index (χ4n) is 5.39. The van der Waals surface area contributed by atoms with E-state index in [1.54, 1.807) is 0 Å². The Morgan fingerprint density at radius 3 is 2.26 bits per heavy atom. The van der Waals surface area contributed by atoms with E-state index < -0.39 is 29.9 Å². The van der Waals surface area contributed by atoms with Crippen molar-refractivity contribution in [1.82, 2.24) is 10.6 Å². The highest BCUT2D eigenvalue weighted by Crippen LogP contribution is 2.44. The van der Waals surface area contributed by atoms with Crippen molar-refractivity contribution in [3.8, 4) is 11.1 Å². The van der Waals surface area contributed by atoms with Crippen molar-refractivity contribution in [2.24, 2.45) is 17.8 Å². The van der Waals surface area contributed by atoms with E-state index in [4.69, 9.17) is 9.47 Å². The summed E-state index contributed by atoms with van der Waals surface area (Å²) >= 11 is 0. The van der Waals surface area contributed by atoms with Crippen LogP contribution in [0, 0.1) is 17.8 Å². The van der Waals surface area contributed by atoms with Gasteiger partial charge in [0, 0.05) is 12.5 Å². The number of rotatable bonds is 8. The van der Waals surface area contributed by atoms with E-state index in [-0.39, 0.29) is 44.1 Å². The summed E-state index contributed by atoms with van der Waals surface area (Å²) in [5.41, 5.74) is 4.56. The molecule has 3 N–H and O–H groups in total. The molecule has 2 aromatic carbocycles. The number of amides is 2. The van der Waals surface area contributed by atoms with Gasteiger partial charge in [-0.25, -0.2) is 4.79 Å². The molecule has 8 heteroatoms. The van der Waals surface area contributed by atoms with Crippen LogP contribution in [-0.4, -0.2) is 55.5 Å². The van der Waals surface area contributed by atoms with E-state index in [0.717, 1.165) is 41.5 Å². The molecule has 3 unspecified atom stereocenters. The summed E-state index contributed by atoms with van der Waals surface area (Å²) in [6.45, 7) is 0.646. The predicted molar refractivity (Wildman–Crippen MR) is 128 cm³/mol. The SMILES string of the molecule is O=C(NC1COCC1C(=O)NCC(C(=O)O)C1CCC1)OCC1c2ccccc2-c2ccccc21. The van der Waals surface area contributed by atoms with Gasteiger partial charge < -0.3 is 25.2 Å². The first-order valence-corrected chi connectivity index (χ1v) is 12.2. The molecular formula is C27H30N2O6. The van der Waals surface area contributed by atoms with Gasteiger partial charge in [-0.3, -0.25) is 9.59 Å². The summed E-state index contributed by atoms with van der Waals surface area (Å²) in [7, 11) is 0. The summed E-state index contributed by atoms with van der Waals surface area (Å²) in [5, 5.41) is 15.0. The molecule has 1 saturated heterocycles. The lowest BCUT2D eigenvalue weighted by molar-refractivity contribution is -0.145. The van der Waals surface area contributed by atoms with Crippen molar-refractivity contribution in [3.05, 3.63) is 59.7 Å². The normalized spacial score (nSPS) is 21.9. The summed E-state index contributed by atoms with van der Waals surface area (Å²) in [6, 6.07) is 15.7. The van der Waals surface area contributed by atoms with Crippen LogP contribution in [0.4, 0.5) is 4.79 Å². The van der Waals surface area contributed by atoms with Crippen molar-refractivity contribution >= 4 is 18.0 Å². The van der Waals surface area contributed by atoms with Gasteiger partial charge in [0.2, 0.25) is 5.91 Å². The average Bonchev–Trinajstić information content (AvgIpc) is 3.41. The highest BCUT2D eigenvalue weighted by molar-refractivity contribution is 5.82. The van der Waals surface area contributed by atoms with Gasteiger partial charge in [0.05, 0.1) is 31.1 Å². The summed E-state index contributed by atoms with van der Waals surface area (Å²) in [4.78, 5) is 37.0. The molecule has 0 radical (unpaired) electrons. The Labute approximate surface area is 204 Å². The number of hydrogen-bond acceptors (Lipinski definition) is 5. The molecule has 0 bridgehead atoms. The van der Waals surface area contributed by atoms with Gasteiger partial charge in [0.1, 0.15) is 6.61 Å². The Morgan fingerprint density at radius 2 is 1.66 bits per heavy atom. The van der Waals surface area contributed by atoms with Gasteiger partial charge in [0.15, 0.2) is 0 Å². The van der Waals surface area contributed by atoms with Gasteiger partial charge in [-0.15, -0.1) is 0 Å². The number of carbonyl (C=O) groups is 3. The van der Waals surface area contributed by atoms with Crippen LogP contribution in [0.25, 0.3) is 11.1 Å². The number of alkyl carbamates (subject to hydrolysis) is 1. The van der Waals surface area contributed by atoms with Crippen molar-refractivity contribution in [1.29, 1.82) is 0 Å². The number of carboxylic acids is 1. The van der Waals surface area contributed by atoms with E-state index in [1.165, 1.54) is 0 Å². The summed E-state index contributed by atoms with van der Waals surface area (Å²) in [5.74, 6) is -2.30. The van der Waals surface area contributed by atoms with Gasteiger partial charge in [-0.2, -0.15) is 0 Å². The number of aliphatic carboxylic acids is 1. The van der Waals surface area contributed by atoms with E-state index in [2.05, 4.69) is 34.9 Å². The minimum Gasteiger partial charge on any atom is -0.481 e. The third-order valence-corrected chi connectivity index (χ3v) is 7.60. The molecule has 1 aliphatic heterocycles. The number of hydrogen-bond donors (Lipinski definition) is 3. The molecule has 0 aromatic heterocycles. The quantitative estimate of drug-likeness (QED) is 0.537. The zero-order chi connectivity index (χ0) is 24.4. The van der Waals surface area contributed by atoms with Crippen molar-refractivity contribution in [2.75, 3.05) is 26.4 Å². The van der Waals surface area contributed by atoms with Crippen molar-refractivity contribution in [2.45, 2.75) is 31.2 Å². The number of ether oxygens (including phenoxy) is 2. The number of nitrogens with one attached hydrogen (secondary N) is 2. The molecule has 1 heterocycles. The number of fused-ring (bicyclic) bond motifs is 3.